The zero-order chi connectivity index (χ0) is 12.8. The molecular formula is C13H16N4O. The highest BCUT2D eigenvalue weighted by molar-refractivity contribution is 6.03. The van der Waals surface area contributed by atoms with Crippen molar-refractivity contribution < 1.29 is 4.79 Å². The zero-order valence-corrected chi connectivity index (χ0v) is 10.3. The van der Waals surface area contributed by atoms with Gasteiger partial charge in [-0.15, -0.1) is 0 Å². The zero-order valence-electron chi connectivity index (χ0n) is 10.3. The van der Waals surface area contributed by atoms with Crippen LogP contribution < -0.4 is 5.32 Å². The Bertz CT molecular complexity index is 507. The van der Waals surface area contributed by atoms with E-state index in [0.717, 1.165) is 25.0 Å². The van der Waals surface area contributed by atoms with Gasteiger partial charge < -0.3 is 5.32 Å². The molecule has 0 atom stereocenters. The van der Waals surface area contributed by atoms with E-state index in [2.05, 4.69) is 27.4 Å². The molecule has 0 aromatic carbocycles. The second-order valence-electron chi connectivity index (χ2n) is 4.08. The fraction of sp³-hybridized carbons (Fsp3) is 0.308. The van der Waals surface area contributed by atoms with Crippen LogP contribution in [-0.2, 0) is 6.42 Å². The van der Waals surface area contributed by atoms with Crippen LogP contribution in [0, 0.1) is 0 Å². The highest BCUT2D eigenvalue weighted by atomic mass is 16.1. The van der Waals surface area contributed by atoms with E-state index in [0.29, 0.717) is 11.4 Å². The third-order valence-corrected chi connectivity index (χ3v) is 2.60. The molecule has 0 unspecified atom stereocenters. The fourth-order valence-electron chi connectivity index (χ4n) is 1.61. The molecule has 2 heterocycles. The summed E-state index contributed by atoms with van der Waals surface area (Å²) in [5, 5.41) is 9.71. The highest BCUT2D eigenvalue weighted by Crippen LogP contribution is 2.09. The lowest BCUT2D eigenvalue weighted by Gasteiger charge is -1.99. The van der Waals surface area contributed by atoms with Crippen molar-refractivity contribution in [2.75, 3.05) is 5.32 Å². The number of amides is 1. The number of hydrogen-bond donors (Lipinski definition) is 2. The number of unbranched alkanes of at least 4 members (excludes halogenated alkanes) is 1. The summed E-state index contributed by atoms with van der Waals surface area (Å²) in [6.45, 7) is 2.14. The van der Waals surface area contributed by atoms with Crippen molar-refractivity contribution in [3.8, 4) is 0 Å². The van der Waals surface area contributed by atoms with Crippen molar-refractivity contribution in [3.63, 3.8) is 0 Å². The van der Waals surface area contributed by atoms with E-state index in [-0.39, 0.29) is 5.91 Å². The first-order valence-corrected chi connectivity index (χ1v) is 6.05. The van der Waals surface area contributed by atoms with Crippen molar-refractivity contribution in [2.24, 2.45) is 0 Å². The van der Waals surface area contributed by atoms with Crippen molar-refractivity contribution in [1.82, 2.24) is 15.2 Å². The standard InChI is InChI=1S/C13H16N4O/c1-2-3-6-11-8-12(17-16-11)15-13(18)10-5-4-7-14-9-10/h4-5,7-9H,2-3,6H2,1H3,(H2,15,16,17,18). The summed E-state index contributed by atoms with van der Waals surface area (Å²) in [6, 6.07) is 5.31. The van der Waals surface area contributed by atoms with Gasteiger partial charge in [-0.1, -0.05) is 13.3 Å². The van der Waals surface area contributed by atoms with Crippen molar-refractivity contribution >= 4 is 11.7 Å². The third kappa shape index (κ3) is 3.16. The monoisotopic (exact) mass is 244 g/mol. The maximum absolute atomic E-state index is 11.8. The first-order valence-electron chi connectivity index (χ1n) is 6.05. The number of hydrogen-bond acceptors (Lipinski definition) is 3. The molecule has 94 valence electrons. The predicted octanol–water partition coefficient (Wildman–Crippen LogP) is 2.40. The Hall–Kier alpha value is -2.17. The van der Waals surface area contributed by atoms with Crippen LogP contribution in [0.1, 0.15) is 35.8 Å². The number of aromatic nitrogens is 3. The average molecular weight is 244 g/mol. The summed E-state index contributed by atoms with van der Waals surface area (Å²) in [7, 11) is 0. The summed E-state index contributed by atoms with van der Waals surface area (Å²) >= 11 is 0. The molecular weight excluding hydrogens is 228 g/mol. The highest BCUT2D eigenvalue weighted by Gasteiger charge is 2.08. The SMILES string of the molecule is CCCCc1cc(NC(=O)c2cccnc2)n[nH]1. The molecule has 0 spiro atoms. The number of carbonyl (C=O) groups excluding carboxylic acids is 1. The second kappa shape index (κ2) is 5.95. The number of anilines is 1. The molecule has 0 fully saturated rings. The van der Waals surface area contributed by atoms with Gasteiger partial charge in [0, 0.05) is 24.2 Å². The summed E-state index contributed by atoms with van der Waals surface area (Å²) in [5.74, 6) is 0.353. The Morgan fingerprint density at radius 2 is 2.39 bits per heavy atom. The van der Waals surface area contributed by atoms with Gasteiger partial charge in [-0.2, -0.15) is 5.10 Å². The minimum atomic E-state index is -0.198. The number of pyridine rings is 1. The van der Waals surface area contributed by atoms with Gasteiger partial charge in [0.25, 0.3) is 5.91 Å². The summed E-state index contributed by atoms with van der Waals surface area (Å²) in [5.41, 5.74) is 1.56. The Balaban J connectivity index is 1.97. The van der Waals surface area contributed by atoms with Gasteiger partial charge in [0.15, 0.2) is 5.82 Å². The normalized spacial score (nSPS) is 10.3. The molecule has 5 heteroatoms. The number of aryl methyl sites for hydroxylation is 1. The van der Waals surface area contributed by atoms with Gasteiger partial charge >= 0.3 is 0 Å². The van der Waals surface area contributed by atoms with Gasteiger partial charge in [-0.05, 0) is 25.0 Å². The van der Waals surface area contributed by atoms with Gasteiger partial charge in [-0.25, -0.2) is 0 Å². The molecule has 2 aromatic rings. The Morgan fingerprint density at radius 3 is 3.11 bits per heavy atom. The van der Waals surface area contributed by atoms with Gasteiger partial charge in [-0.3, -0.25) is 14.9 Å². The van der Waals surface area contributed by atoms with Crippen LogP contribution in [0.25, 0.3) is 0 Å². The van der Waals surface area contributed by atoms with E-state index in [1.165, 1.54) is 6.20 Å². The molecule has 0 bridgehead atoms. The van der Waals surface area contributed by atoms with E-state index in [1.807, 2.05) is 6.07 Å². The minimum absolute atomic E-state index is 0.198. The molecule has 0 saturated carbocycles. The largest absolute Gasteiger partial charge is 0.305 e. The Labute approximate surface area is 106 Å². The van der Waals surface area contributed by atoms with Crippen LogP contribution in [0.4, 0.5) is 5.82 Å². The van der Waals surface area contributed by atoms with E-state index < -0.39 is 0 Å². The quantitative estimate of drug-likeness (QED) is 0.848. The third-order valence-electron chi connectivity index (χ3n) is 2.60. The average Bonchev–Trinajstić information content (AvgIpc) is 2.85. The minimum Gasteiger partial charge on any atom is -0.305 e. The Morgan fingerprint density at radius 1 is 1.50 bits per heavy atom. The lowest BCUT2D eigenvalue weighted by molar-refractivity contribution is 0.102. The van der Waals surface area contributed by atoms with Gasteiger partial charge in [0.05, 0.1) is 5.56 Å². The molecule has 2 aromatic heterocycles. The molecule has 0 aliphatic heterocycles. The second-order valence-corrected chi connectivity index (χ2v) is 4.08. The van der Waals surface area contributed by atoms with Crippen molar-refractivity contribution in [1.29, 1.82) is 0 Å². The molecule has 1 amide bonds. The van der Waals surface area contributed by atoms with E-state index in [9.17, 15) is 4.79 Å². The van der Waals surface area contributed by atoms with Crippen molar-refractivity contribution in [3.05, 3.63) is 41.9 Å². The fourth-order valence-corrected chi connectivity index (χ4v) is 1.61. The maximum atomic E-state index is 11.8. The molecule has 2 rings (SSSR count). The first-order chi connectivity index (χ1) is 8.79. The molecule has 0 aliphatic rings. The molecule has 2 N–H and O–H groups in total. The number of carbonyl (C=O) groups is 1. The number of nitrogens with zero attached hydrogens (tertiary/aromatic N) is 2. The number of aromatic amines is 1. The van der Waals surface area contributed by atoms with E-state index in [4.69, 9.17) is 0 Å². The lowest BCUT2D eigenvalue weighted by Crippen LogP contribution is -2.12. The smallest absolute Gasteiger partial charge is 0.258 e. The summed E-state index contributed by atoms with van der Waals surface area (Å²) in [4.78, 5) is 15.7. The summed E-state index contributed by atoms with van der Waals surface area (Å²) in [6.07, 6.45) is 6.36. The van der Waals surface area contributed by atoms with Crippen LogP contribution in [-0.4, -0.2) is 21.1 Å². The molecule has 0 aliphatic carbocycles. The van der Waals surface area contributed by atoms with Crippen LogP contribution in [0.15, 0.2) is 30.6 Å². The van der Waals surface area contributed by atoms with Crippen molar-refractivity contribution in [2.45, 2.75) is 26.2 Å². The predicted molar refractivity (Wildman–Crippen MR) is 69.4 cm³/mol. The molecule has 0 radical (unpaired) electrons. The first kappa shape index (κ1) is 12.3. The number of rotatable bonds is 5. The van der Waals surface area contributed by atoms with Crippen LogP contribution in [0.3, 0.4) is 0 Å². The molecule has 5 nitrogen and oxygen atoms in total. The Kier molecular flexibility index (Phi) is 4.06. The van der Waals surface area contributed by atoms with Crippen LogP contribution >= 0.6 is 0 Å². The van der Waals surface area contributed by atoms with Gasteiger partial charge in [0.2, 0.25) is 0 Å². The number of H-pyrrole nitrogens is 1. The van der Waals surface area contributed by atoms with Gasteiger partial charge in [0.1, 0.15) is 0 Å². The maximum Gasteiger partial charge on any atom is 0.258 e. The van der Waals surface area contributed by atoms with Crippen LogP contribution in [0.2, 0.25) is 0 Å². The lowest BCUT2D eigenvalue weighted by atomic mass is 10.2. The van der Waals surface area contributed by atoms with E-state index >= 15 is 0 Å². The topological polar surface area (TPSA) is 70.7 Å². The number of nitrogens with one attached hydrogen (secondary N) is 2. The van der Waals surface area contributed by atoms with E-state index in [1.54, 1.807) is 18.3 Å². The molecule has 0 saturated heterocycles. The summed E-state index contributed by atoms with van der Waals surface area (Å²) < 4.78 is 0. The van der Waals surface area contributed by atoms with Crippen LogP contribution in [0.5, 0.6) is 0 Å². The molecule has 18 heavy (non-hydrogen) atoms.